The Hall–Kier alpha value is -4.07. The van der Waals surface area contributed by atoms with E-state index in [0.717, 1.165) is 5.56 Å². The number of ether oxygens (including phenoxy) is 3. The highest BCUT2D eigenvalue weighted by atomic mass is 16.5. The van der Waals surface area contributed by atoms with E-state index in [4.69, 9.17) is 18.6 Å². The van der Waals surface area contributed by atoms with Gasteiger partial charge in [0.1, 0.15) is 5.52 Å². The molecule has 0 saturated carbocycles. The van der Waals surface area contributed by atoms with Gasteiger partial charge in [0, 0.05) is 29.1 Å². The maximum atomic E-state index is 12.7. The highest BCUT2D eigenvalue weighted by molar-refractivity contribution is 6.05. The lowest BCUT2D eigenvalue weighted by molar-refractivity contribution is 0.102. The molecule has 8 heteroatoms. The summed E-state index contributed by atoms with van der Waals surface area (Å²) in [4.78, 5) is 21.2. The third-order valence-electron chi connectivity index (χ3n) is 4.51. The van der Waals surface area contributed by atoms with Crippen molar-refractivity contribution < 1.29 is 23.4 Å². The molecule has 152 valence electrons. The third-order valence-corrected chi connectivity index (χ3v) is 4.51. The number of benzene rings is 2. The molecular formula is C22H19N3O5. The number of fused-ring (bicyclic) bond motifs is 1. The molecular weight excluding hydrogens is 386 g/mol. The van der Waals surface area contributed by atoms with E-state index >= 15 is 0 Å². The zero-order valence-electron chi connectivity index (χ0n) is 16.6. The smallest absolute Gasteiger partial charge is 0.255 e. The lowest BCUT2D eigenvalue weighted by Gasteiger charge is -2.14. The summed E-state index contributed by atoms with van der Waals surface area (Å²) in [5.74, 6) is 1.41. The number of carbonyl (C=O) groups excluding carboxylic acids is 1. The van der Waals surface area contributed by atoms with Gasteiger partial charge < -0.3 is 23.9 Å². The quantitative estimate of drug-likeness (QED) is 0.514. The predicted octanol–water partition coefficient (Wildman–Crippen LogP) is 4.17. The Kier molecular flexibility index (Phi) is 5.21. The second kappa shape index (κ2) is 8.12. The number of rotatable bonds is 6. The van der Waals surface area contributed by atoms with Crippen LogP contribution in [0.3, 0.4) is 0 Å². The van der Waals surface area contributed by atoms with E-state index in [1.165, 1.54) is 21.3 Å². The Bertz CT molecular complexity index is 1140. The molecule has 0 spiro atoms. The number of carbonyl (C=O) groups is 1. The van der Waals surface area contributed by atoms with Gasteiger partial charge in [-0.05, 0) is 36.4 Å². The molecule has 1 amide bonds. The first kappa shape index (κ1) is 19.3. The first-order valence-corrected chi connectivity index (χ1v) is 9.05. The standard InChI is InChI=1S/C22H19N3O5/c1-27-18-10-14(11-19(28-2)20(18)29-3)21(26)24-15-6-4-13(5-7-15)22-25-16-12-23-9-8-17(16)30-22/h4-12H,1-3H3,(H,24,26). The van der Waals surface area contributed by atoms with Crippen molar-refractivity contribution in [2.45, 2.75) is 0 Å². The fraction of sp³-hybridized carbons (Fsp3) is 0.136. The van der Waals surface area contributed by atoms with Gasteiger partial charge in [-0.3, -0.25) is 9.78 Å². The van der Waals surface area contributed by atoms with Crippen LogP contribution in [0.1, 0.15) is 10.4 Å². The lowest BCUT2D eigenvalue weighted by atomic mass is 10.1. The fourth-order valence-corrected chi connectivity index (χ4v) is 3.02. The molecule has 1 N–H and O–H groups in total. The molecule has 4 rings (SSSR count). The normalized spacial score (nSPS) is 10.6. The zero-order chi connectivity index (χ0) is 21.1. The van der Waals surface area contributed by atoms with E-state index in [0.29, 0.717) is 45.5 Å². The van der Waals surface area contributed by atoms with Crippen molar-refractivity contribution >= 4 is 22.7 Å². The van der Waals surface area contributed by atoms with Crippen molar-refractivity contribution in [3.63, 3.8) is 0 Å². The molecule has 30 heavy (non-hydrogen) atoms. The van der Waals surface area contributed by atoms with E-state index in [-0.39, 0.29) is 5.91 Å². The minimum absolute atomic E-state index is 0.310. The number of nitrogens with one attached hydrogen (secondary N) is 1. The maximum Gasteiger partial charge on any atom is 0.255 e. The minimum atomic E-state index is -0.310. The van der Waals surface area contributed by atoms with Gasteiger partial charge in [-0.1, -0.05) is 0 Å². The van der Waals surface area contributed by atoms with Crippen molar-refractivity contribution in [1.82, 2.24) is 9.97 Å². The van der Waals surface area contributed by atoms with Gasteiger partial charge in [-0.25, -0.2) is 4.98 Å². The van der Waals surface area contributed by atoms with Gasteiger partial charge in [0.15, 0.2) is 17.1 Å². The first-order valence-electron chi connectivity index (χ1n) is 9.05. The van der Waals surface area contributed by atoms with Gasteiger partial charge >= 0.3 is 0 Å². The van der Waals surface area contributed by atoms with Crippen LogP contribution in [0, 0.1) is 0 Å². The topological polar surface area (TPSA) is 95.7 Å². The average molecular weight is 405 g/mol. The Morgan fingerprint density at radius 3 is 2.27 bits per heavy atom. The van der Waals surface area contributed by atoms with Crippen LogP contribution in [0.5, 0.6) is 17.2 Å². The van der Waals surface area contributed by atoms with Gasteiger partial charge in [-0.2, -0.15) is 0 Å². The van der Waals surface area contributed by atoms with Gasteiger partial charge in [-0.15, -0.1) is 0 Å². The van der Waals surface area contributed by atoms with Crippen LogP contribution in [-0.2, 0) is 0 Å². The second-order valence-corrected chi connectivity index (χ2v) is 6.31. The van der Waals surface area contributed by atoms with Crippen LogP contribution >= 0.6 is 0 Å². The highest BCUT2D eigenvalue weighted by Crippen LogP contribution is 2.38. The molecule has 2 aromatic heterocycles. The zero-order valence-corrected chi connectivity index (χ0v) is 16.6. The van der Waals surface area contributed by atoms with E-state index < -0.39 is 0 Å². The molecule has 0 bridgehead atoms. The summed E-state index contributed by atoms with van der Waals surface area (Å²) in [6.07, 6.45) is 3.30. The number of nitrogens with zero attached hydrogens (tertiary/aromatic N) is 2. The number of anilines is 1. The van der Waals surface area contributed by atoms with E-state index in [1.54, 1.807) is 42.7 Å². The van der Waals surface area contributed by atoms with E-state index in [1.807, 2.05) is 12.1 Å². The maximum absolute atomic E-state index is 12.7. The highest BCUT2D eigenvalue weighted by Gasteiger charge is 2.17. The van der Waals surface area contributed by atoms with Crippen LogP contribution < -0.4 is 19.5 Å². The Morgan fingerprint density at radius 2 is 1.67 bits per heavy atom. The summed E-state index contributed by atoms with van der Waals surface area (Å²) >= 11 is 0. The minimum Gasteiger partial charge on any atom is -0.493 e. The summed E-state index contributed by atoms with van der Waals surface area (Å²) < 4.78 is 21.6. The van der Waals surface area contributed by atoms with E-state index in [9.17, 15) is 4.79 Å². The summed E-state index contributed by atoms with van der Waals surface area (Å²) in [5.41, 5.74) is 3.14. The van der Waals surface area contributed by atoms with Crippen molar-refractivity contribution in [3.05, 3.63) is 60.4 Å². The average Bonchev–Trinajstić information content (AvgIpc) is 3.22. The number of aromatic nitrogens is 2. The number of oxazole rings is 1. The van der Waals surface area contributed by atoms with Gasteiger partial charge in [0.05, 0.1) is 27.5 Å². The molecule has 0 atom stereocenters. The molecule has 4 aromatic rings. The Balaban J connectivity index is 1.55. The number of amides is 1. The van der Waals surface area contributed by atoms with Gasteiger partial charge in [0.2, 0.25) is 11.6 Å². The summed E-state index contributed by atoms with van der Waals surface area (Å²) in [5, 5.41) is 2.85. The first-order chi connectivity index (χ1) is 14.6. The van der Waals surface area contributed by atoms with Gasteiger partial charge in [0.25, 0.3) is 5.91 Å². The molecule has 0 fully saturated rings. The molecule has 0 aliphatic carbocycles. The summed E-state index contributed by atoms with van der Waals surface area (Å²) in [6, 6.07) is 12.1. The van der Waals surface area contributed by atoms with E-state index in [2.05, 4.69) is 15.3 Å². The largest absolute Gasteiger partial charge is 0.493 e. The molecule has 8 nitrogen and oxygen atoms in total. The van der Waals surface area contributed by atoms with Crippen LogP contribution in [0.15, 0.2) is 59.3 Å². The van der Waals surface area contributed by atoms with Crippen LogP contribution in [-0.4, -0.2) is 37.2 Å². The molecule has 2 aromatic carbocycles. The second-order valence-electron chi connectivity index (χ2n) is 6.31. The monoisotopic (exact) mass is 405 g/mol. The summed E-state index contributed by atoms with van der Waals surface area (Å²) in [6.45, 7) is 0. The number of hydrogen-bond donors (Lipinski definition) is 1. The SMILES string of the molecule is COc1cc(C(=O)Nc2ccc(-c3nc4cnccc4o3)cc2)cc(OC)c1OC. The van der Waals surface area contributed by atoms with Crippen LogP contribution in [0.25, 0.3) is 22.6 Å². The van der Waals surface area contributed by atoms with Crippen molar-refractivity contribution in [2.24, 2.45) is 0 Å². The molecule has 0 aliphatic heterocycles. The molecule has 2 heterocycles. The molecule has 0 radical (unpaired) electrons. The van der Waals surface area contributed by atoms with Crippen LogP contribution in [0.2, 0.25) is 0 Å². The van der Waals surface area contributed by atoms with Crippen molar-refractivity contribution in [3.8, 4) is 28.7 Å². The fourth-order valence-electron chi connectivity index (χ4n) is 3.02. The van der Waals surface area contributed by atoms with Crippen molar-refractivity contribution in [1.29, 1.82) is 0 Å². The molecule has 0 unspecified atom stereocenters. The summed E-state index contributed by atoms with van der Waals surface area (Å²) in [7, 11) is 4.51. The lowest BCUT2D eigenvalue weighted by Crippen LogP contribution is -2.12. The third kappa shape index (κ3) is 3.62. The predicted molar refractivity (Wildman–Crippen MR) is 111 cm³/mol. The molecule has 0 aliphatic rings. The number of methoxy groups -OCH3 is 3. The number of hydrogen-bond acceptors (Lipinski definition) is 7. The Labute approximate surface area is 172 Å². The van der Waals surface area contributed by atoms with Crippen LogP contribution in [0.4, 0.5) is 5.69 Å². The van der Waals surface area contributed by atoms with Crippen molar-refractivity contribution in [2.75, 3.05) is 26.6 Å². The number of pyridine rings is 1. The Morgan fingerprint density at radius 1 is 0.967 bits per heavy atom. The molecule has 0 saturated heterocycles.